The highest BCUT2D eigenvalue weighted by Gasteiger charge is 2.33. The molecule has 0 radical (unpaired) electrons. The second kappa shape index (κ2) is 8.08. The predicted molar refractivity (Wildman–Crippen MR) is 113 cm³/mol. The number of nitrogens with zero attached hydrogens (tertiary/aromatic N) is 1. The smallest absolute Gasteiger partial charge is 0.408 e. The monoisotopic (exact) mass is 429 g/mol. The van der Waals surface area contributed by atoms with Crippen LogP contribution in [0.2, 0.25) is 0 Å². The largest absolute Gasteiger partial charge is 0.417 e. The third kappa shape index (κ3) is 4.03. The second-order valence-corrected chi connectivity index (χ2v) is 9.35. The van der Waals surface area contributed by atoms with E-state index in [-0.39, 0.29) is 22.9 Å². The highest BCUT2D eigenvalue weighted by atomic mass is 32.2. The van der Waals surface area contributed by atoms with Gasteiger partial charge in [0.05, 0.1) is 16.3 Å². The number of H-pyrrole nitrogens is 1. The Balaban J connectivity index is 1.50. The second-order valence-electron chi connectivity index (χ2n) is 7.41. The standard InChI is InChI=1S/C21H23N3O5S/c1-2-14-5-7-16(8-6-14)22-20(25)15-4-3-11-24(13-15)30(27,28)17-9-10-18-19(12-17)29-21(26)23-18/h5-10,12,15H,2-4,11,13H2,1H3,(H,22,25)(H,23,26). The molecule has 1 saturated heterocycles. The van der Waals surface area contributed by atoms with Crippen LogP contribution in [0.1, 0.15) is 25.3 Å². The van der Waals surface area contributed by atoms with Gasteiger partial charge >= 0.3 is 5.76 Å². The molecule has 1 atom stereocenters. The maximum Gasteiger partial charge on any atom is 0.417 e. The van der Waals surface area contributed by atoms with Gasteiger partial charge in [-0.15, -0.1) is 0 Å². The normalized spacial score (nSPS) is 17.8. The number of aryl methyl sites for hydroxylation is 1. The number of amides is 1. The molecule has 8 nitrogen and oxygen atoms in total. The molecule has 2 aromatic carbocycles. The summed E-state index contributed by atoms with van der Waals surface area (Å²) in [4.78, 5) is 26.6. The fraction of sp³-hybridized carbons (Fsp3) is 0.333. The van der Waals surface area contributed by atoms with E-state index < -0.39 is 21.7 Å². The van der Waals surface area contributed by atoms with Crippen LogP contribution in [-0.2, 0) is 21.2 Å². The summed E-state index contributed by atoms with van der Waals surface area (Å²) in [6.07, 6.45) is 2.13. The number of hydrogen-bond acceptors (Lipinski definition) is 5. The number of carbonyl (C=O) groups is 1. The van der Waals surface area contributed by atoms with Crippen molar-refractivity contribution in [2.45, 2.75) is 31.1 Å². The lowest BCUT2D eigenvalue weighted by molar-refractivity contribution is -0.120. The first kappa shape index (κ1) is 20.4. The van der Waals surface area contributed by atoms with E-state index >= 15 is 0 Å². The number of nitrogens with one attached hydrogen (secondary N) is 2. The van der Waals surface area contributed by atoms with Crippen molar-refractivity contribution in [3.05, 3.63) is 58.6 Å². The maximum atomic E-state index is 13.1. The summed E-state index contributed by atoms with van der Waals surface area (Å²) in [5, 5.41) is 2.89. The van der Waals surface area contributed by atoms with Gasteiger partial charge in [0.15, 0.2) is 5.58 Å². The van der Waals surface area contributed by atoms with E-state index in [1.165, 1.54) is 28.1 Å². The average molecular weight is 429 g/mol. The van der Waals surface area contributed by atoms with Gasteiger partial charge in [-0.1, -0.05) is 19.1 Å². The van der Waals surface area contributed by atoms with Crippen molar-refractivity contribution < 1.29 is 17.6 Å². The molecular weight excluding hydrogens is 406 g/mol. The summed E-state index contributed by atoms with van der Waals surface area (Å²) in [7, 11) is -3.82. The number of benzene rings is 2. The Bertz CT molecular complexity index is 1230. The van der Waals surface area contributed by atoms with E-state index in [0.29, 0.717) is 30.6 Å². The van der Waals surface area contributed by atoms with Gasteiger partial charge in [0.1, 0.15) is 0 Å². The molecule has 1 amide bonds. The SMILES string of the molecule is CCc1ccc(NC(=O)C2CCCN(S(=O)(=O)c3ccc4[nH]c(=O)oc4c3)C2)cc1. The van der Waals surface area contributed by atoms with Crippen molar-refractivity contribution in [1.82, 2.24) is 9.29 Å². The van der Waals surface area contributed by atoms with Crippen LogP contribution < -0.4 is 11.1 Å². The molecule has 1 aliphatic rings. The van der Waals surface area contributed by atoms with Crippen LogP contribution in [0.3, 0.4) is 0 Å². The van der Waals surface area contributed by atoms with E-state index in [9.17, 15) is 18.0 Å². The summed E-state index contributed by atoms with van der Waals surface area (Å²) in [6, 6.07) is 11.9. The number of anilines is 1. The molecule has 1 aromatic heterocycles. The Hall–Kier alpha value is -2.91. The Kier molecular flexibility index (Phi) is 5.48. The third-order valence-electron chi connectivity index (χ3n) is 5.41. The van der Waals surface area contributed by atoms with Crippen molar-refractivity contribution in [3.63, 3.8) is 0 Å². The molecule has 1 unspecified atom stereocenters. The van der Waals surface area contributed by atoms with E-state index in [2.05, 4.69) is 17.2 Å². The molecule has 158 valence electrons. The molecule has 0 bridgehead atoms. The lowest BCUT2D eigenvalue weighted by atomic mass is 9.98. The maximum absolute atomic E-state index is 13.1. The van der Waals surface area contributed by atoms with Crippen LogP contribution in [0.5, 0.6) is 0 Å². The van der Waals surface area contributed by atoms with Gasteiger partial charge in [-0.05, 0) is 49.1 Å². The van der Waals surface area contributed by atoms with Gasteiger partial charge in [-0.25, -0.2) is 13.2 Å². The lowest BCUT2D eigenvalue weighted by Gasteiger charge is -2.31. The van der Waals surface area contributed by atoms with Crippen molar-refractivity contribution >= 4 is 32.7 Å². The fourth-order valence-corrected chi connectivity index (χ4v) is 5.22. The first-order valence-electron chi connectivity index (χ1n) is 9.89. The summed E-state index contributed by atoms with van der Waals surface area (Å²) in [5.41, 5.74) is 2.50. The number of carbonyl (C=O) groups excluding carboxylic acids is 1. The molecule has 3 aromatic rings. The molecule has 0 spiro atoms. The third-order valence-corrected chi connectivity index (χ3v) is 7.28. The molecule has 1 aliphatic heterocycles. The number of aromatic amines is 1. The summed E-state index contributed by atoms with van der Waals surface area (Å²) >= 11 is 0. The predicted octanol–water partition coefficient (Wildman–Crippen LogP) is 2.72. The number of aromatic nitrogens is 1. The average Bonchev–Trinajstić information content (AvgIpc) is 3.13. The van der Waals surface area contributed by atoms with Crippen molar-refractivity contribution in [1.29, 1.82) is 0 Å². The minimum atomic E-state index is -3.82. The highest BCUT2D eigenvalue weighted by molar-refractivity contribution is 7.89. The Morgan fingerprint density at radius 3 is 2.73 bits per heavy atom. The van der Waals surface area contributed by atoms with Gasteiger partial charge in [-0.2, -0.15) is 4.31 Å². The van der Waals surface area contributed by atoms with Crippen LogP contribution in [0.4, 0.5) is 5.69 Å². The number of oxazole rings is 1. The number of sulfonamides is 1. The molecule has 2 heterocycles. The van der Waals surface area contributed by atoms with E-state index in [0.717, 1.165) is 6.42 Å². The molecule has 30 heavy (non-hydrogen) atoms. The van der Waals surface area contributed by atoms with E-state index in [1.54, 1.807) is 0 Å². The van der Waals surface area contributed by atoms with Gasteiger partial charge < -0.3 is 9.73 Å². The first-order valence-corrected chi connectivity index (χ1v) is 11.3. The molecule has 0 saturated carbocycles. The van der Waals surface area contributed by atoms with Gasteiger partial charge in [0.25, 0.3) is 0 Å². The number of rotatable bonds is 5. The van der Waals surface area contributed by atoms with Crippen LogP contribution in [0.25, 0.3) is 11.1 Å². The van der Waals surface area contributed by atoms with Crippen molar-refractivity contribution in [3.8, 4) is 0 Å². The Morgan fingerprint density at radius 2 is 2.00 bits per heavy atom. The summed E-state index contributed by atoms with van der Waals surface area (Å²) < 4.78 is 32.5. The molecule has 9 heteroatoms. The number of fused-ring (bicyclic) bond motifs is 1. The summed E-state index contributed by atoms with van der Waals surface area (Å²) in [6.45, 7) is 2.51. The molecular formula is C21H23N3O5S. The highest BCUT2D eigenvalue weighted by Crippen LogP contribution is 2.26. The van der Waals surface area contributed by atoms with E-state index in [4.69, 9.17) is 4.42 Å². The number of hydrogen-bond donors (Lipinski definition) is 2. The minimum absolute atomic E-state index is 0.0361. The minimum Gasteiger partial charge on any atom is -0.408 e. The topological polar surface area (TPSA) is 112 Å². The van der Waals surface area contributed by atoms with Crippen LogP contribution >= 0.6 is 0 Å². The zero-order valence-corrected chi connectivity index (χ0v) is 17.4. The fourth-order valence-electron chi connectivity index (χ4n) is 3.68. The molecule has 4 rings (SSSR count). The van der Waals surface area contributed by atoms with Crippen molar-refractivity contribution in [2.24, 2.45) is 5.92 Å². The molecule has 2 N–H and O–H groups in total. The Labute approximate surface area is 173 Å². The lowest BCUT2D eigenvalue weighted by Crippen LogP contribution is -2.43. The van der Waals surface area contributed by atoms with Gasteiger partial charge in [0, 0.05) is 24.8 Å². The van der Waals surface area contributed by atoms with Gasteiger partial charge in [0.2, 0.25) is 15.9 Å². The van der Waals surface area contributed by atoms with Crippen LogP contribution in [0.15, 0.2) is 56.6 Å². The Morgan fingerprint density at radius 1 is 1.23 bits per heavy atom. The van der Waals surface area contributed by atoms with E-state index in [1.807, 2.05) is 24.3 Å². The van der Waals surface area contributed by atoms with Crippen molar-refractivity contribution in [2.75, 3.05) is 18.4 Å². The van der Waals surface area contributed by atoms with Gasteiger partial charge in [-0.3, -0.25) is 9.78 Å². The molecule has 0 aliphatic carbocycles. The first-order chi connectivity index (χ1) is 14.4. The van der Waals surface area contributed by atoms with Crippen LogP contribution in [-0.4, -0.2) is 36.7 Å². The summed E-state index contributed by atoms with van der Waals surface area (Å²) in [5.74, 6) is -1.26. The van der Waals surface area contributed by atoms with Crippen LogP contribution in [0, 0.1) is 5.92 Å². The zero-order chi connectivity index (χ0) is 21.3. The quantitative estimate of drug-likeness (QED) is 0.648. The number of piperidine rings is 1. The zero-order valence-electron chi connectivity index (χ0n) is 16.6. The molecule has 1 fully saturated rings.